The zero-order valence-corrected chi connectivity index (χ0v) is 23.7. The van der Waals surface area contributed by atoms with Crippen LogP contribution in [0.3, 0.4) is 0 Å². The van der Waals surface area contributed by atoms with Crippen LogP contribution >= 0.6 is 11.5 Å². The number of oxazole rings is 1. The highest BCUT2D eigenvalue weighted by Gasteiger charge is 2.48. The highest BCUT2D eigenvalue weighted by Crippen LogP contribution is 2.42. The zero-order chi connectivity index (χ0) is 30.2. The number of fused-ring (bicyclic) bond motifs is 1. The van der Waals surface area contributed by atoms with Gasteiger partial charge in [0.15, 0.2) is 5.58 Å². The van der Waals surface area contributed by atoms with Crippen LogP contribution in [-0.4, -0.2) is 64.6 Å². The topological polar surface area (TPSA) is 110 Å². The van der Waals surface area contributed by atoms with Crippen LogP contribution in [0.15, 0.2) is 28.8 Å². The summed E-state index contributed by atoms with van der Waals surface area (Å²) in [5.74, 6) is -3.42. The number of benzene rings is 1. The first-order valence-electron chi connectivity index (χ1n) is 13.6. The van der Waals surface area contributed by atoms with Crippen molar-refractivity contribution in [2.24, 2.45) is 5.92 Å². The van der Waals surface area contributed by atoms with Gasteiger partial charge in [0.25, 0.3) is 5.91 Å². The molecule has 2 aliphatic rings. The third-order valence-electron chi connectivity index (χ3n) is 7.86. The molecule has 3 amide bonds. The van der Waals surface area contributed by atoms with Crippen molar-refractivity contribution in [1.82, 2.24) is 24.9 Å². The Hall–Kier alpha value is -3.33. The molecule has 0 spiro atoms. The van der Waals surface area contributed by atoms with Crippen molar-refractivity contribution in [1.29, 1.82) is 0 Å². The lowest BCUT2D eigenvalue weighted by atomic mass is 9.82. The van der Waals surface area contributed by atoms with E-state index in [1.807, 2.05) is 12.2 Å². The van der Waals surface area contributed by atoms with Gasteiger partial charge in [-0.3, -0.25) is 4.79 Å². The summed E-state index contributed by atoms with van der Waals surface area (Å²) in [4.78, 5) is 31.8. The third kappa shape index (κ3) is 6.21. The summed E-state index contributed by atoms with van der Waals surface area (Å²) in [6, 6.07) is 0.245. The molecule has 1 aromatic carbocycles. The Balaban J connectivity index is 1.45. The number of methoxy groups -OCH3 is 1. The van der Waals surface area contributed by atoms with Gasteiger partial charge in [-0.05, 0) is 60.0 Å². The molecule has 42 heavy (non-hydrogen) atoms. The molecule has 1 saturated carbocycles. The number of aromatic nitrogens is 2. The summed E-state index contributed by atoms with van der Waals surface area (Å²) in [6.07, 6.45) is -2.77. The highest BCUT2D eigenvalue weighted by molar-refractivity contribution is 7.08. The molecule has 9 nitrogen and oxygen atoms in total. The van der Waals surface area contributed by atoms with Crippen molar-refractivity contribution in [3.63, 3.8) is 0 Å². The van der Waals surface area contributed by atoms with Crippen LogP contribution in [0.1, 0.15) is 71.4 Å². The standard InChI is InChI=1S/C27H30F5N5O4S/c1-3-14-11-33-42-22(14)23(38)36-21(15-6-8-26(28,29)9-7-15)24-34-17-10-16(4-5-19(17)41-24)18(13-40-2)37-12-20(27(30,31)32)35-25(37)39/h4-5,10-11,15,18,20-21H,3,6-9,12-13H2,1-2H3,(H,35,39)(H,36,38)/t18-,20+,21+/m1/s1. The van der Waals surface area contributed by atoms with E-state index in [1.54, 1.807) is 24.4 Å². The van der Waals surface area contributed by atoms with Gasteiger partial charge in [-0.1, -0.05) is 13.0 Å². The summed E-state index contributed by atoms with van der Waals surface area (Å²) >= 11 is 1.04. The Kier molecular flexibility index (Phi) is 8.43. The third-order valence-corrected chi connectivity index (χ3v) is 8.70. The Labute approximate surface area is 242 Å². The molecule has 3 heterocycles. The van der Waals surface area contributed by atoms with E-state index < -0.39 is 48.7 Å². The van der Waals surface area contributed by atoms with Gasteiger partial charge in [-0.15, -0.1) is 0 Å². The SMILES string of the molecule is CCc1cnsc1C(=O)N[C@H](c1nc2cc([C@@H](COC)N3C[C@@H](C(F)(F)F)NC3=O)ccc2o1)C1CCC(F)(F)CC1. The number of ether oxygens (including phenoxy) is 1. The minimum absolute atomic E-state index is 0.0716. The number of rotatable bonds is 9. The van der Waals surface area contributed by atoms with Crippen LogP contribution in [0.5, 0.6) is 0 Å². The van der Waals surface area contributed by atoms with Crippen LogP contribution in [0.2, 0.25) is 0 Å². The number of aryl methyl sites for hydroxylation is 1. The number of urea groups is 1. The maximum Gasteiger partial charge on any atom is 0.410 e. The fraction of sp³-hybridized carbons (Fsp3) is 0.556. The van der Waals surface area contributed by atoms with Gasteiger partial charge in [0, 0.05) is 26.1 Å². The molecule has 3 aromatic rings. The van der Waals surface area contributed by atoms with Gasteiger partial charge in [0.05, 0.1) is 19.2 Å². The molecule has 2 aromatic heterocycles. The van der Waals surface area contributed by atoms with E-state index in [1.165, 1.54) is 7.11 Å². The van der Waals surface area contributed by atoms with Crippen molar-refractivity contribution >= 4 is 34.6 Å². The average molecular weight is 616 g/mol. The lowest BCUT2D eigenvalue weighted by Gasteiger charge is -2.32. The molecule has 228 valence electrons. The second kappa shape index (κ2) is 11.7. The van der Waals surface area contributed by atoms with Crippen LogP contribution in [0.4, 0.5) is 26.7 Å². The number of nitrogens with zero attached hydrogens (tertiary/aromatic N) is 3. The first kappa shape index (κ1) is 30.1. The normalized spacial score (nSPS) is 21.0. The number of carbonyl (C=O) groups excluding carboxylic acids is 2. The Morgan fingerprint density at radius 3 is 2.69 bits per heavy atom. The minimum atomic E-state index is -4.60. The molecule has 1 aliphatic carbocycles. The molecule has 2 N–H and O–H groups in total. The Morgan fingerprint density at radius 2 is 2.05 bits per heavy atom. The van der Waals surface area contributed by atoms with E-state index in [2.05, 4.69) is 14.7 Å². The smallest absolute Gasteiger partial charge is 0.410 e. The van der Waals surface area contributed by atoms with Crippen LogP contribution in [-0.2, 0) is 11.2 Å². The average Bonchev–Trinajstić information content (AvgIpc) is 3.68. The number of nitrogens with one attached hydrogen (secondary N) is 2. The van der Waals surface area contributed by atoms with Crippen LogP contribution < -0.4 is 10.6 Å². The molecule has 15 heteroatoms. The van der Waals surface area contributed by atoms with Crippen molar-refractivity contribution in [3.8, 4) is 0 Å². The largest absolute Gasteiger partial charge is 0.438 e. The number of carbonyl (C=O) groups is 2. The van der Waals surface area contributed by atoms with Crippen molar-refractivity contribution in [2.45, 2.75) is 69.3 Å². The molecule has 5 rings (SSSR count). The van der Waals surface area contributed by atoms with E-state index in [0.29, 0.717) is 28.0 Å². The lowest BCUT2D eigenvalue weighted by molar-refractivity contribution is -0.150. The molecule has 0 unspecified atom stereocenters. The number of amides is 3. The molecule has 1 aliphatic heterocycles. The Morgan fingerprint density at radius 1 is 1.31 bits per heavy atom. The number of halogens is 5. The minimum Gasteiger partial charge on any atom is -0.438 e. The van der Waals surface area contributed by atoms with Gasteiger partial charge in [0.1, 0.15) is 22.5 Å². The summed E-state index contributed by atoms with van der Waals surface area (Å²) in [6.45, 7) is 1.24. The molecule has 0 bridgehead atoms. The first-order chi connectivity index (χ1) is 19.9. The molecule has 2 fully saturated rings. The molecular weight excluding hydrogens is 585 g/mol. The summed E-state index contributed by atoms with van der Waals surface area (Å²) in [7, 11) is 1.38. The molecule has 3 atom stereocenters. The fourth-order valence-electron chi connectivity index (χ4n) is 5.52. The molecular formula is C27H30F5N5O4S. The lowest BCUT2D eigenvalue weighted by Crippen LogP contribution is -2.40. The summed E-state index contributed by atoms with van der Waals surface area (Å²) < 4.78 is 83.2. The number of alkyl halides is 5. The zero-order valence-electron chi connectivity index (χ0n) is 22.8. The van der Waals surface area contributed by atoms with Crippen molar-refractivity contribution in [2.75, 3.05) is 20.3 Å². The fourth-order valence-corrected chi connectivity index (χ4v) is 6.26. The van der Waals surface area contributed by atoms with E-state index >= 15 is 0 Å². The predicted molar refractivity (Wildman–Crippen MR) is 142 cm³/mol. The quantitative estimate of drug-likeness (QED) is 0.295. The van der Waals surface area contributed by atoms with E-state index in [-0.39, 0.29) is 44.1 Å². The van der Waals surface area contributed by atoms with Crippen molar-refractivity contribution in [3.05, 3.63) is 46.3 Å². The molecule has 0 radical (unpaired) electrons. The van der Waals surface area contributed by atoms with Crippen LogP contribution in [0.25, 0.3) is 11.1 Å². The second-order valence-corrected chi connectivity index (χ2v) is 11.4. The maximum absolute atomic E-state index is 14.0. The van der Waals surface area contributed by atoms with Gasteiger partial charge in [-0.2, -0.15) is 13.2 Å². The summed E-state index contributed by atoms with van der Waals surface area (Å²) in [5.41, 5.74) is 1.90. The second-order valence-electron chi connectivity index (χ2n) is 10.6. The highest BCUT2D eigenvalue weighted by atomic mass is 32.1. The van der Waals surface area contributed by atoms with Gasteiger partial charge in [0.2, 0.25) is 11.8 Å². The number of hydrogen-bond donors (Lipinski definition) is 2. The van der Waals surface area contributed by atoms with Crippen LogP contribution in [0, 0.1) is 5.92 Å². The molecule has 1 saturated heterocycles. The van der Waals surface area contributed by atoms with E-state index in [0.717, 1.165) is 22.0 Å². The van der Waals surface area contributed by atoms with Crippen molar-refractivity contribution < 1.29 is 40.7 Å². The van der Waals surface area contributed by atoms with E-state index in [9.17, 15) is 31.5 Å². The van der Waals surface area contributed by atoms with Gasteiger partial charge in [-0.25, -0.2) is 22.9 Å². The number of hydrogen-bond acceptors (Lipinski definition) is 7. The van der Waals surface area contributed by atoms with Gasteiger partial charge >= 0.3 is 12.2 Å². The monoisotopic (exact) mass is 615 g/mol. The first-order valence-corrected chi connectivity index (χ1v) is 14.3. The predicted octanol–water partition coefficient (Wildman–Crippen LogP) is 5.79. The van der Waals surface area contributed by atoms with E-state index in [4.69, 9.17) is 9.15 Å². The Bertz CT molecular complexity index is 1430. The van der Waals surface area contributed by atoms with Gasteiger partial charge < -0.3 is 24.7 Å². The summed E-state index contributed by atoms with van der Waals surface area (Å²) in [5, 5.41) is 4.90. The maximum atomic E-state index is 14.0.